The molecule has 1 heterocycles. The van der Waals surface area contributed by atoms with E-state index < -0.39 is 0 Å². The first-order valence-electron chi connectivity index (χ1n) is 6.45. The Balaban J connectivity index is 1.96. The van der Waals surface area contributed by atoms with Crippen molar-refractivity contribution < 1.29 is 0 Å². The first-order valence-corrected chi connectivity index (χ1v) is 7.36. The lowest BCUT2D eigenvalue weighted by atomic mass is 10.1. The van der Waals surface area contributed by atoms with Gasteiger partial charge in [-0.2, -0.15) is 0 Å². The minimum Gasteiger partial charge on any atom is -0.349 e. The summed E-state index contributed by atoms with van der Waals surface area (Å²) < 4.78 is 0. The van der Waals surface area contributed by atoms with Crippen LogP contribution in [0.3, 0.4) is 0 Å². The van der Waals surface area contributed by atoms with Gasteiger partial charge in [0.15, 0.2) is 0 Å². The summed E-state index contributed by atoms with van der Waals surface area (Å²) in [5.74, 6) is 1.09. The maximum Gasteiger partial charge on any atom is 0.107 e. The van der Waals surface area contributed by atoms with E-state index in [4.69, 9.17) is 0 Å². The van der Waals surface area contributed by atoms with Crippen LogP contribution < -0.4 is 0 Å². The van der Waals surface area contributed by atoms with Gasteiger partial charge >= 0.3 is 0 Å². The topological polar surface area (TPSA) is 28.7 Å². The summed E-state index contributed by atoms with van der Waals surface area (Å²) in [6, 6.07) is 0. The predicted molar refractivity (Wildman–Crippen MR) is 73.0 cm³/mol. The monoisotopic (exact) mass is 286 g/mol. The Hall–Kier alpha value is -0.310. The van der Waals surface area contributed by atoms with Crippen molar-refractivity contribution in [1.29, 1.82) is 0 Å². The van der Waals surface area contributed by atoms with E-state index in [1.165, 1.54) is 44.9 Å². The molecular weight excluding hydrogens is 264 g/mol. The number of nitrogens with zero attached hydrogens (tertiary/aromatic N) is 1. The lowest BCUT2D eigenvalue weighted by Crippen LogP contribution is -2.04. The lowest BCUT2D eigenvalue weighted by molar-refractivity contribution is 0.580. The van der Waals surface area contributed by atoms with E-state index in [0.29, 0.717) is 4.83 Å². The molecule has 0 spiro atoms. The summed E-state index contributed by atoms with van der Waals surface area (Å²) in [5.41, 5.74) is 0. The maximum absolute atomic E-state index is 4.24. The second-order valence-electron chi connectivity index (χ2n) is 4.39. The zero-order valence-corrected chi connectivity index (χ0v) is 11.8. The van der Waals surface area contributed by atoms with Gasteiger partial charge in [-0.15, -0.1) is 0 Å². The van der Waals surface area contributed by atoms with Gasteiger partial charge in [0.2, 0.25) is 0 Å². The summed E-state index contributed by atoms with van der Waals surface area (Å²) in [5, 5.41) is 0. The molecule has 1 N–H and O–H groups in total. The SMILES string of the molecule is CCCCCCCCC(Br)Cc1ncc[nH]1. The molecule has 1 aromatic rings. The van der Waals surface area contributed by atoms with Crippen molar-refractivity contribution in [2.45, 2.75) is 63.1 Å². The summed E-state index contributed by atoms with van der Waals surface area (Å²) in [6.45, 7) is 2.26. The number of hydrogen-bond donors (Lipinski definition) is 1. The number of hydrogen-bond acceptors (Lipinski definition) is 1. The molecule has 0 aromatic carbocycles. The molecule has 0 fully saturated rings. The van der Waals surface area contributed by atoms with Gasteiger partial charge in [-0.05, 0) is 6.42 Å². The van der Waals surface area contributed by atoms with Crippen LogP contribution in [0.15, 0.2) is 12.4 Å². The zero-order chi connectivity index (χ0) is 11.6. The highest BCUT2D eigenvalue weighted by molar-refractivity contribution is 9.09. The van der Waals surface area contributed by atoms with Gasteiger partial charge in [-0.25, -0.2) is 4.98 Å². The summed E-state index contributed by atoms with van der Waals surface area (Å²) in [4.78, 5) is 7.96. The van der Waals surface area contributed by atoms with Crippen LogP contribution >= 0.6 is 15.9 Å². The number of imidazole rings is 1. The fourth-order valence-electron chi connectivity index (χ4n) is 1.87. The van der Waals surface area contributed by atoms with Crippen LogP contribution in [0.5, 0.6) is 0 Å². The third-order valence-corrected chi connectivity index (χ3v) is 3.62. The summed E-state index contributed by atoms with van der Waals surface area (Å²) in [6.07, 6.45) is 14.2. The van der Waals surface area contributed by atoms with Crippen molar-refractivity contribution in [2.24, 2.45) is 0 Å². The fourth-order valence-corrected chi connectivity index (χ4v) is 2.50. The summed E-state index contributed by atoms with van der Waals surface area (Å²) in [7, 11) is 0. The minimum absolute atomic E-state index is 0.574. The molecule has 3 heteroatoms. The number of aromatic nitrogens is 2. The van der Waals surface area contributed by atoms with Crippen LogP contribution in [0.25, 0.3) is 0 Å². The van der Waals surface area contributed by atoms with Crippen molar-refractivity contribution >= 4 is 15.9 Å². The highest BCUT2D eigenvalue weighted by Gasteiger charge is 2.06. The molecule has 1 atom stereocenters. The highest BCUT2D eigenvalue weighted by Crippen LogP contribution is 2.15. The van der Waals surface area contributed by atoms with Crippen LogP contribution in [0.4, 0.5) is 0 Å². The molecule has 2 nitrogen and oxygen atoms in total. The van der Waals surface area contributed by atoms with E-state index in [2.05, 4.69) is 32.8 Å². The lowest BCUT2D eigenvalue weighted by Gasteiger charge is -2.07. The Labute approximate surface area is 107 Å². The van der Waals surface area contributed by atoms with Crippen molar-refractivity contribution in [1.82, 2.24) is 9.97 Å². The number of rotatable bonds is 9. The van der Waals surface area contributed by atoms with Crippen LogP contribution in [0.1, 0.15) is 57.7 Å². The number of aromatic amines is 1. The highest BCUT2D eigenvalue weighted by atomic mass is 79.9. The Bertz CT molecular complexity index is 246. The van der Waals surface area contributed by atoms with Crippen molar-refractivity contribution in [3.05, 3.63) is 18.2 Å². The molecule has 0 saturated carbocycles. The molecule has 1 aromatic heterocycles. The molecule has 16 heavy (non-hydrogen) atoms. The van der Waals surface area contributed by atoms with E-state index in [9.17, 15) is 0 Å². The van der Waals surface area contributed by atoms with Gasteiger partial charge in [0.25, 0.3) is 0 Å². The third kappa shape index (κ3) is 6.31. The number of alkyl halides is 1. The van der Waals surface area contributed by atoms with Crippen molar-refractivity contribution in [2.75, 3.05) is 0 Å². The second kappa shape index (κ2) is 8.80. The second-order valence-corrected chi connectivity index (χ2v) is 5.69. The van der Waals surface area contributed by atoms with Gasteiger partial charge in [0.05, 0.1) is 0 Å². The third-order valence-electron chi connectivity index (χ3n) is 2.84. The molecule has 0 bridgehead atoms. The van der Waals surface area contributed by atoms with E-state index in [0.717, 1.165) is 12.2 Å². The first-order chi connectivity index (χ1) is 7.83. The molecule has 0 aliphatic heterocycles. The molecule has 0 saturated heterocycles. The number of halogens is 1. The molecule has 1 unspecified atom stereocenters. The Morgan fingerprint density at radius 3 is 2.69 bits per heavy atom. The minimum atomic E-state index is 0.574. The molecule has 0 amide bonds. The largest absolute Gasteiger partial charge is 0.349 e. The number of H-pyrrole nitrogens is 1. The Morgan fingerprint density at radius 2 is 2.00 bits per heavy atom. The molecule has 92 valence electrons. The standard InChI is InChI=1S/C13H23BrN2/c1-2-3-4-5-6-7-8-12(14)11-13-15-9-10-16-13/h9-10,12H,2-8,11H2,1H3,(H,15,16). The van der Waals surface area contributed by atoms with Crippen molar-refractivity contribution in [3.8, 4) is 0 Å². The average molecular weight is 287 g/mol. The molecular formula is C13H23BrN2. The van der Waals surface area contributed by atoms with E-state index in [1.54, 1.807) is 0 Å². The molecule has 0 aliphatic rings. The fraction of sp³-hybridized carbons (Fsp3) is 0.769. The average Bonchev–Trinajstić information content (AvgIpc) is 2.76. The van der Waals surface area contributed by atoms with Gasteiger partial charge in [-0.1, -0.05) is 61.4 Å². The van der Waals surface area contributed by atoms with E-state index >= 15 is 0 Å². The summed E-state index contributed by atoms with van der Waals surface area (Å²) >= 11 is 3.72. The van der Waals surface area contributed by atoms with Gasteiger partial charge in [-0.3, -0.25) is 0 Å². The van der Waals surface area contributed by atoms with Crippen LogP contribution in [0, 0.1) is 0 Å². The molecule has 1 rings (SSSR count). The number of nitrogens with one attached hydrogen (secondary N) is 1. The van der Waals surface area contributed by atoms with Gasteiger partial charge < -0.3 is 4.98 Å². The first kappa shape index (κ1) is 13.8. The maximum atomic E-state index is 4.24. The predicted octanol–water partition coefficient (Wildman–Crippen LogP) is 4.47. The van der Waals surface area contributed by atoms with Gasteiger partial charge in [0, 0.05) is 23.6 Å². The van der Waals surface area contributed by atoms with Gasteiger partial charge in [0.1, 0.15) is 5.82 Å². The smallest absolute Gasteiger partial charge is 0.107 e. The van der Waals surface area contributed by atoms with Crippen molar-refractivity contribution in [3.63, 3.8) is 0 Å². The molecule has 0 aliphatic carbocycles. The molecule has 0 radical (unpaired) electrons. The van der Waals surface area contributed by atoms with Crippen LogP contribution in [-0.4, -0.2) is 14.8 Å². The van der Waals surface area contributed by atoms with Crippen LogP contribution in [0.2, 0.25) is 0 Å². The zero-order valence-electron chi connectivity index (χ0n) is 10.2. The van der Waals surface area contributed by atoms with E-state index in [1.807, 2.05) is 12.4 Å². The normalized spacial score (nSPS) is 12.9. The quantitative estimate of drug-likeness (QED) is 0.527. The van der Waals surface area contributed by atoms with E-state index in [-0.39, 0.29) is 0 Å². The van der Waals surface area contributed by atoms with Crippen LogP contribution in [-0.2, 0) is 6.42 Å². The Morgan fingerprint density at radius 1 is 1.25 bits per heavy atom. The Kier molecular flexibility index (Phi) is 7.56. The number of unbranched alkanes of at least 4 members (excludes halogenated alkanes) is 5.